The Labute approximate surface area is 144 Å². The van der Waals surface area contributed by atoms with Crippen molar-refractivity contribution in [1.29, 1.82) is 0 Å². The van der Waals surface area contributed by atoms with E-state index in [1.807, 2.05) is 6.08 Å². The Hall–Kier alpha value is -0.960. The van der Waals surface area contributed by atoms with Crippen LogP contribution in [-0.4, -0.2) is 23.3 Å². The van der Waals surface area contributed by atoms with Crippen molar-refractivity contribution in [2.45, 2.75) is 77.4 Å². The van der Waals surface area contributed by atoms with Crippen LogP contribution in [0.1, 0.15) is 65.7 Å². The van der Waals surface area contributed by atoms with Gasteiger partial charge < -0.3 is 4.74 Å². The van der Waals surface area contributed by atoms with E-state index < -0.39 is 5.60 Å². The number of hydrogen-bond acceptors (Lipinski definition) is 3. The van der Waals surface area contributed by atoms with Gasteiger partial charge in [-0.2, -0.15) is 0 Å². The van der Waals surface area contributed by atoms with E-state index in [2.05, 4.69) is 13.8 Å². The van der Waals surface area contributed by atoms with Crippen LogP contribution >= 0.6 is 0 Å². The molecule has 0 amide bonds. The maximum absolute atomic E-state index is 12.4. The summed E-state index contributed by atoms with van der Waals surface area (Å²) in [6, 6.07) is 0. The molecule has 0 aromatic rings. The molecule has 3 nitrogen and oxygen atoms in total. The standard InChI is InChI=1S/C21H28O3/c1-12(22)21-18(24-21)11-17-15-5-4-13-10-14(23)6-8-19(13,2)16(15)7-9-20(17,21)3/h10,15-18H,4-9,11H2,1-3H3/t15-,16-,17-,18-,19+,20-,21-/m1/s1. The van der Waals surface area contributed by atoms with Crippen molar-refractivity contribution in [1.82, 2.24) is 0 Å². The average molecular weight is 328 g/mol. The minimum absolute atomic E-state index is 0.0345. The highest BCUT2D eigenvalue weighted by Crippen LogP contribution is 2.73. The molecule has 5 aliphatic rings. The number of hydrogen-bond donors (Lipinski definition) is 0. The van der Waals surface area contributed by atoms with E-state index >= 15 is 0 Å². The molecule has 1 heterocycles. The summed E-state index contributed by atoms with van der Waals surface area (Å²) in [6.07, 6.45) is 9.53. The van der Waals surface area contributed by atoms with E-state index in [0.717, 1.165) is 25.7 Å². The van der Waals surface area contributed by atoms with Crippen LogP contribution in [-0.2, 0) is 14.3 Å². The molecule has 130 valence electrons. The Balaban J connectivity index is 1.52. The van der Waals surface area contributed by atoms with Crippen LogP contribution in [0.4, 0.5) is 0 Å². The maximum Gasteiger partial charge on any atom is 0.164 e. The number of ketones is 2. The lowest BCUT2D eigenvalue weighted by molar-refractivity contribution is -0.136. The highest BCUT2D eigenvalue weighted by atomic mass is 16.6. The molecular weight excluding hydrogens is 300 g/mol. The molecule has 24 heavy (non-hydrogen) atoms. The molecule has 0 unspecified atom stereocenters. The molecule has 4 aliphatic carbocycles. The van der Waals surface area contributed by atoms with Gasteiger partial charge in [0.15, 0.2) is 17.2 Å². The molecule has 3 saturated carbocycles. The predicted molar refractivity (Wildman–Crippen MR) is 90.4 cm³/mol. The molecule has 0 aromatic heterocycles. The molecular formula is C21H28O3. The van der Waals surface area contributed by atoms with E-state index in [9.17, 15) is 9.59 Å². The highest BCUT2D eigenvalue weighted by molar-refractivity contribution is 5.92. The molecule has 4 fully saturated rings. The van der Waals surface area contributed by atoms with Gasteiger partial charge >= 0.3 is 0 Å². The SMILES string of the molecule is CC(=O)[C@@]12O[C@@H]1C[C@@H]1[C@@H]3CCC4=CC(=O)CC[C@]4(C)[C@@H]3CC[C@]12C. The van der Waals surface area contributed by atoms with Gasteiger partial charge in [0.05, 0.1) is 6.10 Å². The molecule has 0 bridgehead atoms. The summed E-state index contributed by atoms with van der Waals surface area (Å²) in [7, 11) is 0. The van der Waals surface area contributed by atoms with E-state index in [1.54, 1.807) is 6.92 Å². The summed E-state index contributed by atoms with van der Waals surface area (Å²) in [5.41, 5.74) is 1.22. The highest BCUT2D eigenvalue weighted by Gasteiger charge is 2.79. The van der Waals surface area contributed by atoms with Crippen LogP contribution in [0.3, 0.4) is 0 Å². The van der Waals surface area contributed by atoms with Gasteiger partial charge in [0.25, 0.3) is 0 Å². The zero-order valence-electron chi connectivity index (χ0n) is 15.1. The van der Waals surface area contributed by atoms with Gasteiger partial charge in [-0.15, -0.1) is 0 Å². The Bertz CT molecular complexity index is 679. The number of carbonyl (C=O) groups excluding carboxylic acids is 2. The first kappa shape index (κ1) is 15.3. The normalized spacial score (nSPS) is 55.0. The topological polar surface area (TPSA) is 46.7 Å². The monoisotopic (exact) mass is 328 g/mol. The van der Waals surface area contributed by atoms with Crippen LogP contribution in [0.15, 0.2) is 11.6 Å². The summed E-state index contributed by atoms with van der Waals surface area (Å²) < 4.78 is 5.99. The first-order chi connectivity index (χ1) is 11.3. The maximum atomic E-state index is 12.4. The number of Topliss-reactive ketones (excluding diaryl/α,β-unsaturated/α-hetero) is 1. The van der Waals surface area contributed by atoms with E-state index in [4.69, 9.17) is 4.74 Å². The third-order valence-corrected chi connectivity index (χ3v) is 8.92. The Kier molecular flexibility index (Phi) is 2.81. The first-order valence-electron chi connectivity index (χ1n) is 9.76. The fourth-order valence-electron chi connectivity index (χ4n) is 7.62. The van der Waals surface area contributed by atoms with Crippen molar-refractivity contribution in [2.75, 3.05) is 0 Å². The second-order valence-electron chi connectivity index (χ2n) is 9.56. The molecule has 0 radical (unpaired) electrons. The van der Waals surface area contributed by atoms with Gasteiger partial charge in [0.2, 0.25) is 0 Å². The Morgan fingerprint density at radius 2 is 1.96 bits per heavy atom. The lowest BCUT2D eigenvalue weighted by Crippen LogP contribution is -2.54. The Morgan fingerprint density at radius 3 is 2.71 bits per heavy atom. The second kappa shape index (κ2) is 4.41. The van der Waals surface area contributed by atoms with Gasteiger partial charge in [0.1, 0.15) is 0 Å². The molecule has 0 N–H and O–H groups in total. The predicted octanol–water partition coefficient (Wildman–Crippen LogP) is 3.85. The molecule has 1 saturated heterocycles. The minimum atomic E-state index is -0.456. The number of rotatable bonds is 1. The van der Waals surface area contributed by atoms with Crippen molar-refractivity contribution >= 4 is 11.6 Å². The number of allylic oxidation sites excluding steroid dienone is 1. The number of ether oxygens (including phenoxy) is 1. The number of fused-ring (bicyclic) bond motifs is 7. The molecule has 3 heteroatoms. The Morgan fingerprint density at radius 1 is 1.17 bits per heavy atom. The zero-order valence-corrected chi connectivity index (χ0v) is 15.1. The largest absolute Gasteiger partial charge is 0.357 e. The van der Waals surface area contributed by atoms with Crippen LogP contribution in [0, 0.1) is 28.6 Å². The first-order valence-corrected chi connectivity index (χ1v) is 9.76. The summed E-state index contributed by atoms with van der Waals surface area (Å²) in [6.45, 7) is 6.48. The minimum Gasteiger partial charge on any atom is -0.357 e. The van der Waals surface area contributed by atoms with Crippen molar-refractivity contribution < 1.29 is 14.3 Å². The summed E-state index contributed by atoms with van der Waals surface area (Å²) >= 11 is 0. The van der Waals surface area contributed by atoms with Crippen molar-refractivity contribution in [2.24, 2.45) is 28.6 Å². The van der Waals surface area contributed by atoms with Gasteiger partial charge in [0, 0.05) is 11.8 Å². The quantitative estimate of drug-likeness (QED) is 0.687. The molecule has 0 aromatic carbocycles. The zero-order chi connectivity index (χ0) is 16.9. The van der Waals surface area contributed by atoms with Crippen LogP contribution in [0.5, 0.6) is 0 Å². The van der Waals surface area contributed by atoms with Crippen LogP contribution in [0.25, 0.3) is 0 Å². The summed E-state index contributed by atoms with van der Waals surface area (Å²) in [4.78, 5) is 24.3. The third-order valence-electron chi connectivity index (χ3n) is 8.92. The fourth-order valence-corrected chi connectivity index (χ4v) is 7.62. The second-order valence-corrected chi connectivity index (χ2v) is 9.56. The van der Waals surface area contributed by atoms with E-state index in [0.29, 0.717) is 30.0 Å². The van der Waals surface area contributed by atoms with E-state index in [-0.39, 0.29) is 22.7 Å². The van der Waals surface area contributed by atoms with Gasteiger partial charge in [-0.1, -0.05) is 19.4 Å². The molecule has 7 atom stereocenters. The van der Waals surface area contributed by atoms with Gasteiger partial charge in [-0.3, -0.25) is 9.59 Å². The molecule has 0 spiro atoms. The number of carbonyl (C=O) groups is 2. The fraction of sp³-hybridized carbons (Fsp3) is 0.810. The smallest absolute Gasteiger partial charge is 0.164 e. The lowest BCUT2D eigenvalue weighted by atomic mass is 9.46. The number of epoxide rings is 1. The third kappa shape index (κ3) is 1.54. The van der Waals surface area contributed by atoms with Crippen LogP contribution < -0.4 is 0 Å². The lowest BCUT2D eigenvalue weighted by Gasteiger charge is -2.58. The average Bonchev–Trinajstić information content (AvgIpc) is 3.21. The van der Waals surface area contributed by atoms with Crippen molar-refractivity contribution in [3.8, 4) is 0 Å². The summed E-state index contributed by atoms with van der Waals surface area (Å²) in [5.74, 6) is 2.58. The van der Waals surface area contributed by atoms with Gasteiger partial charge in [-0.25, -0.2) is 0 Å². The molecule has 5 rings (SSSR count). The van der Waals surface area contributed by atoms with E-state index in [1.165, 1.54) is 18.4 Å². The van der Waals surface area contributed by atoms with Gasteiger partial charge in [-0.05, 0) is 74.7 Å². The summed E-state index contributed by atoms with van der Waals surface area (Å²) in [5, 5.41) is 0. The molecule has 1 aliphatic heterocycles. The van der Waals surface area contributed by atoms with Crippen LogP contribution in [0.2, 0.25) is 0 Å². The van der Waals surface area contributed by atoms with Crippen molar-refractivity contribution in [3.63, 3.8) is 0 Å². The van der Waals surface area contributed by atoms with Crippen molar-refractivity contribution in [3.05, 3.63) is 11.6 Å².